The number of carbonyl (C=O) groups is 1. The fourth-order valence-corrected chi connectivity index (χ4v) is 4.33. The molecule has 2 aromatic carbocycles. The molecule has 4 rings (SSSR count). The number of aromatic amines is 1. The molecule has 0 saturated heterocycles. The van der Waals surface area contributed by atoms with Crippen LogP contribution in [0.3, 0.4) is 0 Å². The molecule has 9 nitrogen and oxygen atoms in total. The van der Waals surface area contributed by atoms with Crippen molar-refractivity contribution in [1.29, 1.82) is 0 Å². The predicted octanol–water partition coefficient (Wildman–Crippen LogP) is 3.42. The number of hydrogen-bond donors (Lipinski definition) is 2. The van der Waals surface area contributed by atoms with E-state index in [4.69, 9.17) is 9.47 Å². The van der Waals surface area contributed by atoms with E-state index in [0.717, 1.165) is 24.3 Å². The highest BCUT2D eigenvalue weighted by molar-refractivity contribution is 7.92. The number of ether oxygens (including phenoxy) is 2. The first-order chi connectivity index (χ1) is 16.2. The maximum Gasteiger partial charge on any atom is 0.262 e. The fraction of sp³-hybridized carbons (Fsp3) is 0.0952. The number of hydrogen-bond acceptors (Lipinski definition) is 7. The van der Waals surface area contributed by atoms with Gasteiger partial charge in [-0.3, -0.25) is 9.52 Å². The van der Waals surface area contributed by atoms with Crippen molar-refractivity contribution in [1.82, 2.24) is 15.0 Å². The van der Waals surface area contributed by atoms with Gasteiger partial charge in [-0.05, 0) is 30.3 Å². The summed E-state index contributed by atoms with van der Waals surface area (Å²) < 4.78 is 80.8. The van der Waals surface area contributed by atoms with Crippen LogP contribution in [0.1, 0.15) is 15.9 Å². The summed E-state index contributed by atoms with van der Waals surface area (Å²) in [6.07, 6.45) is 2.35. The molecule has 13 heteroatoms. The molecule has 34 heavy (non-hydrogen) atoms. The van der Waals surface area contributed by atoms with E-state index < -0.39 is 49.4 Å². The standard InChI is InChI=1S/C21H15F3N4O5S/c1-32-15-6-3-10(7-13(15)23)34(30,31)28-14-5-4-12(22)17(18(14)24)19(29)11-8-25-20-16(11)21(33-2)27-9-26-20/h3-9,28H,1-2H3,(H,25,26,27). The Morgan fingerprint density at radius 3 is 2.47 bits per heavy atom. The van der Waals surface area contributed by atoms with Crippen molar-refractivity contribution in [3.63, 3.8) is 0 Å². The van der Waals surface area contributed by atoms with Gasteiger partial charge in [0, 0.05) is 6.20 Å². The van der Waals surface area contributed by atoms with E-state index in [0.29, 0.717) is 6.07 Å². The van der Waals surface area contributed by atoms with Gasteiger partial charge in [-0.15, -0.1) is 0 Å². The van der Waals surface area contributed by atoms with Crippen molar-refractivity contribution < 1.29 is 35.9 Å². The maximum absolute atomic E-state index is 15.2. The number of rotatable bonds is 7. The van der Waals surface area contributed by atoms with Gasteiger partial charge in [0.2, 0.25) is 11.7 Å². The number of ketones is 1. The first-order valence-corrected chi connectivity index (χ1v) is 10.9. The van der Waals surface area contributed by atoms with Gasteiger partial charge in [0.1, 0.15) is 17.8 Å². The Hall–Kier alpha value is -4.13. The molecule has 2 N–H and O–H groups in total. The van der Waals surface area contributed by atoms with E-state index in [9.17, 15) is 22.0 Å². The average molecular weight is 492 g/mol. The predicted molar refractivity (Wildman–Crippen MR) is 114 cm³/mol. The largest absolute Gasteiger partial charge is 0.494 e. The summed E-state index contributed by atoms with van der Waals surface area (Å²) in [5.74, 6) is -4.97. The van der Waals surface area contributed by atoms with Crippen molar-refractivity contribution in [3.05, 3.63) is 71.4 Å². The zero-order valence-corrected chi connectivity index (χ0v) is 18.3. The van der Waals surface area contributed by atoms with Crippen molar-refractivity contribution >= 4 is 32.5 Å². The van der Waals surface area contributed by atoms with Gasteiger partial charge in [0.25, 0.3) is 10.0 Å². The average Bonchev–Trinajstić information content (AvgIpc) is 3.25. The highest BCUT2D eigenvalue weighted by Crippen LogP contribution is 2.31. The molecule has 0 amide bonds. The summed E-state index contributed by atoms with van der Waals surface area (Å²) in [4.78, 5) is 23.0. The molecule has 0 aliphatic rings. The maximum atomic E-state index is 15.2. The second kappa shape index (κ2) is 8.67. The van der Waals surface area contributed by atoms with Gasteiger partial charge in [0.15, 0.2) is 17.4 Å². The number of H-pyrrole nitrogens is 1. The first kappa shape index (κ1) is 23.0. The molecule has 0 fully saturated rings. The SMILES string of the molecule is COc1ccc(S(=O)(=O)Nc2ccc(F)c(C(=O)c3c[nH]c4ncnc(OC)c34)c2F)cc1F. The third kappa shape index (κ3) is 3.90. The number of methoxy groups -OCH3 is 2. The Morgan fingerprint density at radius 2 is 1.79 bits per heavy atom. The lowest BCUT2D eigenvalue weighted by Crippen LogP contribution is -2.17. The van der Waals surface area contributed by atoms with Crippen LogP contribution >= 0.6 is 0 Å². The molecule has 176 valence electrons. The Balaban J connectivity index is 1.76. The minimum atomic E-state index is -4.50. The molecule has 2 aromatic heterocycles. The highest BCUT2D eigenvalue weighted by Gasteiger charge is 2.28. The van der Waals surface area contributed by atoms with Crippen molar-refractivity contribution in [3.8, 4) is 11.6 Å². The Morgan fingerprint density at radius 1 is 1.03 bits per heavy atom. The van der Waals surface area contributed by atoms with Crippen molar-refractivity contribution in [2.45, 2.75) is 4.90 Å². The van der Waals surface area contributed by atoms with E-state index in [1.807, 2.05) is 4.72 Å². The molecule has 0 spiro atoms. The smallest absolute Gasteiger partial charge is 0.262 e. The van der Waals surface area contributed by atoms with Crippen LogP contribution in [0.25, 0.3) is 11.0 Å². The van der Waals surface area contributed by atoms with Crippen LogP contribution in [0, 0.1) is 17.5 Å². The van der Waals surface area contributed by atoms with Crippen LogP contribution < -0.4 is 14.2 Å². The molecule has 0 saturated carbocycles. The molecular formula is C21H15F3N4O5S. The third-order valence-electron chi connectivity index (χ3n) is 4.87. The van der Waals surface area contributed by atoms with E-state index >= 15 is 4.39 Å². The van der Waals surface area contributed by atoms with Crippen LogP contribution in [0.5, 0.6) is 11.6 Å². The van der Waals surface area contributed by atoms with E-state index in [-0.39, 0.29) is 28.2 Å². The fourth-order valence-electron chi connectivity index (χ4n) is 3.26. The summed E-state index contributed by atoms with van der Waals surface area (Å²) in [6, 6.07) is 4.32. The van der Waals surface area contributed by atoms with Gasteiger partial charge in [0.05, 0.1) is 41.3 Å². The third-order valence-corrected chi connectivity index (χ3v) is 6.23. The number of nitrogens with zero attached hydrogens (tertiary/aromatic N) is 2. The lowest BCUT2D eigenvalue weighted by Gasteiger charge is -2.12. The molecular weight excluding hydrogens is 477 g/mol. The van der Waals surface area contributed by atoms with Gasteiger partial charge in [-0.1, -0.05) is 0 Å². The van der Waals surface area contributed by atoms with Crippen LogP contribution in [0.15, 0.2) is 47.8 Å². The number of fused-ring (bicyclic) bond motifs is 1. The number of nitrogens with one attached hydrogen (secondary N) is 2. The summed E-state index contributed by atoms with van der Waals surface area (Å²) in [5, 5.41) is 0.0912. The second-order valence-electron chi connectivity index (χ2n) is 6.82. The van der Waals surface area contributed by atoms with Crippen molar-refractivity contribution in [2.75, 3.05) is 18.9 Å². The normalized spacial score (nSPS) is 11.4. The first-order valence-electron chi connectivity index (χ1n) is 9.43. The van der Waals surface area contributed by atoms with Crippen LogP contribution in [0.4, 0.5) is 18.9 Å². The Bertz CT molecular complexity index is 1540. The van der Waals surface area contributed by atoms with Gasteiger partial charge in [-0.2, -0.15) is 0 Å². The molecule has 0 unspecified atom stereocenters. The molecule has 2 heterocycles. The van der Waals surface area contributed by atoms with Crippen LogP contribution in [-0.4, -0.2) is 43.4 Å². The molecule has 0 radical (unpaired) electrons. The summed E-state index contributed by atoms with van der Waals surface area (Å²) in [7, 11) is -2.01. The van der Waals surface area contributed by atoms with E-state index in [2.05, 4.69) is 15.0 Å². The molecule has 0 aliphatic heterocycles. The van der Waals surface area contributed by atoms with Gasteiger partial charge < -0.3 is 14.5 Å². The van der Waals surface area contributed by atoms with Crippen LogP contribution in [-0.2, 0) is 10.0 Å². The lowest BCUT2D eigenvalue weighted by atomic mass is 10.0. The molecule has 0 atom stereocenters. The number of halogens is 3. The number of sulfonamides is 1. The lowest BCUT2D eigenvalue weighted by molar-refractivity contribution is 0.103. The van der Waals surface area contributed by atoms with Gasteiger partial charge >= 0.3 is 0 Å². The molecule has 0 aliphatic carbocycles. The highest BCUT2D eigenvalue weighted by atomic mass is 32.2. The molecule has 0 bridgehead atoms. The van der Waals surface area contributed by atoms with Crippen LogP contribution in [0.2, 0.25) is 0 Å². The number of benzene rings is 2. The second-order valence-corrected chi connectivity index (χ2v) is 8.51. The number of anilines is 1. The van der Waals surface area contributed by atoms with E-state index in [1.54, 1.807) is 0 Å². The zero-order valence-electron chi connectivity index (χ0n) is 17.5. The quantitative estimate of drug-likeness (QED) is 0.379. The van der Waals surface area contributed by atoms with E-state index in [1.165, 1.54) is 26.7 Å². The Labute approximate surface area is 190 Å². The summed E-state index contributed by atoms with van der Waals surface area (Å²) >= 11 is 0. The van der Waals surface area contributed by atoms with Gasteiger partial charge in [-0.25, -0.2) is 31.6 Å². The Kier molecular flexibility index (Phi) is 5.87. The summed E-state index contributed by atoms with van der Waals surface area (Å²) in [5.41, 5.74) is -1.74. The summed E-state index contributed by atoms with van der Waals surface area (Å²) in [6.45, 7) is 0. The number of carbonyl (C=O) groups excluding carboxylic acids is 1. The number of aromatic nitrogens is 3. The topological polar surface area (TPSA) is 123 Å². The minimum Gasteiger partial charge on any atom is -0.494 e. The van der Waals surface area contributed by atoms with Crippen molar-refractivity contribution in [2.24, 2.45) is 0 Å². The minimum absolute atomic E-state index is 0.00574. The zero-order chi connectivity index (χ0) is 24.6. The monoisotopic (exact) mass is 492 g/mol. The molecule has 4 aromatic rings.